The molecule has 0 spiro atoms. The Labute approximate surface area is 148 Å². The molecule has 140 valence electrons. The van der Waals surface area contributed by atoms with E-state index in [1.165, 1.54) is 6.26 Å². The van der Waals surface area contributed by atoms with Crippen LogP contribution in [0.4, 0.5) is 0 Å². The Bertz CT molecular complexity index is 645. The average molecular weight is 370 g/mol. The quantitative estimate of drug-likeness (QED) is 0.817. The van der Waals surface area contributed by atoms with Gasteiger partial charge in [0.1, 0.15) is 5.76 Å². The Morgan fingerprint density at radius 2 is 1.92 bits per heavy atom. The largest absolute Gasteiger partial charge is 0.468 e. The van der Waals surface area contributed by atoms with Gasteiger partial charge in [0.25, 0.3) is 0 Å². The molecule has 1 N–H and O–H groups in total. The van der Waals surface area contributed by atoms with Crippen molar-refractivity contribution < 1.29 is 22.4 Å². The standard InChI is InChI=1S/C17H26N2O5S/c20-17(15-5-10-23-11-6-15)19-7-3-14(4-8-19)13-25(21,22)18-12-16-2-1-9-24-16/h1-2,9,14-15,18H,3-8,10-13H2. The fraction of sp³-hybridized carbons (Fsp3) is 0.706. The lowest BCUT2D eigenvalue weighted by molar-refractivity contribution is -0.139. The highest BCUT2D eigenvalue weighted by Crippen LogP contribution is 2.23. The van der Waals surface area contributed by atoms with Gasteiger partial charge in [-0.1, -0.05) is 0 Å². The van der Waals surface area contributed by atoms with E-state index >= 15 is 0 Å². The van der Waals surface area contributed by atoms with Crippen LogP contribution in [0, 0.1) is 11.8 Å². The second-order valence-electron chi connectivity index (χ2n) is 6.84. The lowest BCUT2D eigenvalue weighted by atomic mass is 9.94. The molecule has 1 aromatic rings. The Morgan fingerprint density at radius 1 is 1.20 bits per heavy atom. The topological polar surface area (TPSA) is 88.8 Å². The number of nitrogens with one attached hydrogen (secondary N) is 1. The summed E-state index contributed by atoms with van der Waals surface area (Å²) in [7, 11) is -3.35. The summed E-state index contributed by atoms with van der Waals surface area (Å²) < 4.78 is 37.4. The molecular formula is C17H26N2O5S. The first kappa shape index (κ1) is 18.4. The van der Waals surface area contributed by atoms with Gasteiger partial charge in [0.2, 0.25) is 15.9 Å². The van der Waals surface area contributed by atoms with Crippen LogP contribution in [-0.4, -0.2) is 51.3 Å². The molecule has 0 aromatic carbocycles. The van der Waals surface area contributed by atoms with E-state index in [9.17, 15) is 13.2 Å². The number of sulfonamides is 1. The zero-order valence-corrected chi connectivity index (χ0v) is 15.2. The zero-order valence-electron chi connectivity index (χ0n) is 14.4. The molecule has 0 atom stereocenters. The van der Waals surface area contributed by atoms with Crippen molar-refractivity contribution in [2.75, 3.05) is 32.1 Å². The number of amides is 1. The van der Waals surface area contributed by atoms with Gasteiger partial charge in [0.05, 0.1) is 18.6 Å². The maximum atomic E-state index is 12.5. The van der Waals surface area contributed by atoms with Gasteiger partial charge in [0.15, 0.2) is 0 Å². The lowest BCUT2D eigenvalue weighted by Crippen LogP contribution is -2.44. The maximum absolute atomic E-state index is 12.5. The molecule has 0 bridgehead atoms. The molecule has 1 amide bonds. The van der Waals surface area contributed by atoms with Crippen LogP contribution in [0.25, 0.3) is 0 Å². The molecule has 0 unspecified atom stereocenters. The normalized spacial score (nSPS) is 20.7. The summed E-state index contributed by atoms with van der Waals surface area (Å²) in [5, 5.41) is 0. The van der Waals surface area contributed by atoms with Crippen molar-refractivity contribution in [3.05, 3.63) is 24.2 Å². The van der Waals surface area contributed by atoms with Crippen LogP contribution < -0.4 is 4.72 Å². The number of nitrogens with zero attached hydrogens (tertiary/aromatic N) is 1. The number of hydrogen-bond acceptors (Lipinski definition) is 5. The number of rotatable bonds is 6. The molecule has 0 saturated carbocycles. The smallest absolute Gasteiger partial charge is 0.225 e. The summed E-state index contributed by atoms with van der Waals surface area (Å²) in [5.74, 6) is 1.07. The van der Waals surface area contributed by atoms with Crippen molar-refractivity contribution >= 4 is 15.9 Å². The first-order chi connectivity index (χ1) is 12.0. The van der Waals surface area contributed by atoms with E-state index in [0.717, 1.165) is 25.7 Å². The van der Waals surface area contributed by atoms with Crippen LogP contribution in [0.5, 0.6) is 0 Å². The highest BCUT2D eigenvalue weighted by molar-refractivity contribution is 7.89. The number of ether oxygens (including phenoxy) is 1. The second kappa shape index (κ2) is 8.33. The molecule has 2 aliphatic rings. The summed E-state index contributed by atoms with van der Waals surface area (Å²) in [6.07, 6.45) is 4.58. The van der Waals surface area contributed by atoms with Gasteiger partial charge in [-0.15, -0.1) is 0 Å². The molecule has 3 heterocycles. The van der Waals surface area contributed by atoms with E-state index in [4.69, 9.17) is 9.15 Å². The summed E-state index contributed by atoms with van der Waals surface area (Å²) >= 11 is 0. The highest BCUT2D eigenvalue weighted by Gasteiger charge is 2.30. The maximum Gasteiger partial charge on any atom is 0.225 e. The van der Waals surface area contributed by atoms with Gasteiger partial charge in [-0.2, -0.15) is 0 Å². The third-order valence-corrected chi connectivity index (χ3v) is 6.49. The van der Waals surface area contributed by atoms with Gasteiger partial charge in [-0.25, -0.2) is 13.1 Å². The Balaban J connectivity index is 1.43. The predicted octanol–water partition coefficient (Wildman–Crippen LogP) is 1.36. The number of likely N-dealkylation sites (tertiary alicyclic amines) is 1. The SMILES string of the molecule is O=C(C1CCOCC1)N1CCC(CS(=O)(=O)NCc2ccco2)CC1. The molecule has 8 heteroatoms. The highest BCUT2D eigenvalue weighted by atomic mass is 32.2. The Kier molecular flexibility index (Phi) is 6.14. The van der Waals surface area contributed by atoms with Gasteiger partial charge < -0.3 is 14.1 Å². The minimum atomic E-state index is -3.35. The molecule has 7 nitrogen and oxygen atoms in total. The lowest BCUT2D eigenvalue weighted by Gasteiger charge is -2.35. The van der Waals surface area contributed by atoms with E-state index in [1.807, 2.05) is 4.90 Å². The summed E-state index contributed by atoms with van der Waals surface area (Å²) in [6, 6.07) is 3.47. The zero-order chi connectivity index (χ0) is 17.7. The molecule has 1 aromatic heterocycles. The van der Waals surface area contributed by atoms with Crippen molar-refractivity contribution in [1.82, 2.24) is 9.62 Å². The van der Waals surface area contributed by atoms with Crippen molar-refractivity contribution in [1.29, 1.82) is 0 Å². The number of piperidine rings is 1. The minimum Gasteiger partial charge on any atom is -0.468 e. The Morgan fingerprint density at radius 3 is 2.56 bits per heavy atom. The fourth-order valence-corrected chi connectivity index (χ4v) is 4.92. The van der Waals surface area contributed by atoms with Crippen molar-refractivity contribution in [3.8, 4) is 0 Å². The van der Waals surface area contributed by atoms with Crippen molar-refractivity contribution in [2.24, 2.45) is 11.8 Å². The number of hydrogen-bond donors (Lipinski definition) is 1. The average Bonchev–Trinajstić information content (AvgIpc) is 3.14. The van der Waals surface area contributed by atoms with Crippen molar-refractivity contribution in [3.63, 3.8) is 0 Å². The van der Waals surface area contributed by atoms with E-state index < -0.39 is 10.0 Å². The van der Waals surface area contributed by atoms with Gasteiger partial charge in [-0.05, 0) is 43.7 Å². The minimum absolute atomic E-state index is 0.0731. The van der Waals surface area contributed by atoms with E-state index in [0.29, 0.717) is 32.1 Å². The van der Waals surface area contributed by atoms with E-state index in [-0.39, 0.29) is 30.0 Å². The first-order valence-corrected chi connectivity index (χ1v) is 10.5. The molecule has 0 aliphatic carbocycles. The van der Waals surface area contributed by atoms with Crippen LogP contribution >= 0.6 is 0 Å². The molecular weight excluding hydrogens is 344 g/mol. The van der Waals surface area contributed by atoms with Gasteiger partial charge in [0, 0.05) is 32.2 Å². The third-order valence-electron chi connectivity index (χ3n) is 5.00. The summed E-state index contributed by atoms with van der Waals surface area (Å²) in [4.78, 5) is 14.4. The van der Waals surface area contributed by atoms with E-state index in [2.05, 4.69) is 4.72 Å². The number of carbonyl (C=O) groups excluding carboxylic acids is 1. The third kappa shape index (κ3) is 5.29. The van der Waals surface area contributed by atoms with Gasteiger partial charge in [-0.3, -0.25) is 4.79 Å². The molecule has 3 rings (SSSR count). The molecule has 0 radical (unpaired) electrons. The molecule has 2 saturated heterocycles. The second-order valence-corrected chi connectivity index (χ2v) is 8.69. The van der Waals surface area contributed by atoms with Crippen LogP contribution in [0.3, 0.4) is 0 Å². The molecule has 2 aliphatic heterocycles. The van der Waals surface area contributed by atoms with Crippen LogP contribution in [0.1, 0.15) is 31.4 Å². The van der Waals surface area contributed by atoms with Crippen LogP contribution in [0.15, 0.2) is 22.8 Å². The monoisotopic (exact) mass is 370 g/mol. The van der Waals surface area contributed by atoms with Crippen LogP contribution in [0.2, 0.25) is 0 Å². The van der Waals surface area contributed by atoms with Gasteiger partial charge >= 0.3 is 0 Å². The predicted molar refractivity (Wildman–Crippen MR) is 92.2 cm³/mol. The fourth-order valence-electron chi connectivity index (χ4n) is 3.49. The van der Waals surface area contributed by atoms with E-state index in [1.54, 1.807) is 12.1 Å². The molecule has 2 fully saturated rings. The molecule has 25 heavy (non-hydrogen) atoms. The summed E-state index contributed by atoms with van der Waals surface area (Å²) in [5.41, 5.74) is 0. The number of furan rings is 1. The summed E-state index contributed by atoms with van der Waals surface area (Å²) in [6.45, 7) is 2.79. The van der Waals surface area contributed by atoms with Crippen LogP contribution in [-0.2, 0) is 26.1 Å². The first-order valence-electron chi connectivity index (χ1n) is 8.90. The Hall–Kier alpha value is -1.38. The van der Waals surface area contributed by atoms with Crippen molar-refractivity contribution in [2.45, 2.75) is 32.2 Å². The number of carbonyl (C=O) groups is 1.